The maximum Gasteiger partial charge on any atom is 0.00930 e. The molecule has 1 aliphatic heterocycles. The molecule has 2 nitrogen and oxygen atoms in total. The van der Waals surface area contributed by atoms with Gasteiger partial charge in [0.2, 0.25) is 0 Å². The second-order valence-electron chi connectivity index (χ2n) is 7.61. The van der Waals surface area contributed by atoms with Crippen LogP contribution in [0.5, 0.6) is 0 Å². The van der Waals surface area contributed by atoms with E-state index in [1.165, 1.54) is 58.0 Å². The van der Waals surface area contributed by atoms with Gasteiger partial charge in [-0.25, -0.2) is 0 Å². The molecule has 0 amide bonds. The Morgan fingerprint density at radius 3 is 2.26 bits per heavy atom. The van der Waals surface area contributed by atoms with Gasteiger partial charge in [0.1, 0.15) is 0 Å². The van der Waals surface area contributed by atoms with Crippen molar-refractivity contribution in [2.45, 2.75) is 71.8 Å². The van der Waals surface area contributed by atoms with Crippen LogP contribution in [0.25, 0.3) is 0 Å². The molecule has 0 aromatic carbocycles. The molecule has 0 spiro atoms. The molecule has 0 aromatic heterocycles. The lowest BCUT2D eigenvalue weighted by Crippen LogP contribution is -2.52. The molecule has 1 heterocycles. The van der Waals surface area contributed by atoms with Gasteiger partial charge in [-0.3, -0.25) is 4.90 Å². The lowest BCUT2D eigenvalue weighted by Gasteiger charge is -2.46. The molecule has 3 atom stereocenters. The maximum absolute atomic E-state index is 6.21. The maximum atomic E-state index is 6.21. The highest BCUT2D eigenvalue weighted by atomic mass is 15.2. The molecule has 1 aliphatic carbocycles. The van der Waals surface area contributed by atoms with Crippen LogP contribution < -0.4 is 5.73 Å². The molecule has 0 radical (unpaired) electrons. The van der Waals surface area contributed by atoms with Crippen molar-refractivity contribution in [2.24, 2.45) is 23.0 Å². The Bertz CT molecular complexity index is 268. The van der Waals surface area contributed by atoms with Crippen LogP contribution >= 0.6 is 0 Å². The van der Waals surface area contributed by atoms with Gasteiger partial charge >= 0.3 is 0 Å². The van der Waals surface area contributed by atoms with E-state index in [4.69, 9.17) is 5.73 Å². The number of hydrogen-bond acceptors (Lipinski definition) is 2. The summed E-state index contributed by atoms with van der Waals surface area (Å²) in [5, 5.41) is 0. The second-order valence-corrected chi connectivity index (χ2v) is 7.61. The predicted octanol–water partition coefficient (Wildman–Crippen LogP) is 3.65. The molecule has 1 saturated heterocycles. The summed E-state index contributed by atoms with van der Waals surface area (Å²) < 4.78 is 0. The van der Waals surface area contributed by atoms with Gasteiger partial charge in [0.05, 0.1) is 0 Å². The van der Waals surface area contributed by atoms with E-state index >= 15 is 0 Å². The van der Waals surface area contributed by atoms with E-state index in [0.717, 1.165) is 24.4 Å². The Kier molecular flexibility index (Phi) is 5.30. The summed E-state index contributed by atoms with van der Waals surface area (Å²) in [6.07, 6.45) is 9.74. The Morgan fingerprint density at radius 1 is 1.05 bits per heavy atom. The monoisotopic (exact) mass is 266 g/mol. The van der Waals surface area contributed by atoms with Crippen LogP contribution in [0, 0.1) is 17.3 Å². The Morgan fingerprint density at radius 2 is 1.68 bits per heavy atom. The van der Waals surface area contributed by atoms with Gasteiger partial charge in [0, 0.05) is 19.1 Å². The van der Waals surface area contributed by atoms with Gasteiger partial charge in [-0.1, -0.05) is 39.5 Å². The molecular formula is C17H34N2. The molecule has 3 unspecified atom stereocenters. The largest absolute Gasteiger partial charge is 0.330 e. The van der Waals surface area contributed by atoms with E-state index in [0.29, 0.717) is 5.41 Å². The third kappa shape index (κ3) is 3.72. The molecule has 112 valence electrons. The minimum atomic E-state index is 0.418. The van der Waals surface area contributed by atoms with Crippen LogP contribution in [0.15, 0.2) is 0 Å². The van der Waals surface area contributed by atoms with E-state index in [2.05, 4.69) is 25.7 Å². The normalized spacial score (nSPS) is 36.9. The fraction of sp³-hybridized carbons (Fsp3) is 1.00. The number of nitrogens with zero attached hydrogens (tertiary/aromatic N) is 1. The second kappa shape index (κ2) is 6.58. The highest BCUT2D eigenvalue weighted by molar-refractivity contribution is 4.90. The standard InChI is InChI=1S/C17H34N2/c1-14-10-15(2)16(3)19(11-14)13-17(12-18)8-6-4-5-7-9-17/h14-16H,4-13,18H2,1-3H3. The van der Waals surface area contributed by atoms with Gasteiger partial charge in [-0.15, -0.1) is 0 Å². The van der Waals surface area contributed by atoms with E-state index in [1.54, 1.807) is 0 Å². The molecule has 0 bridgehead atoms. The zero-order chi connectivity index (χ0) is 13.9. The molecule has 19 heavy (non-hydrogen) atoms. The van der Waals surface area contributed by atoms with Gasteiger partial charge in [0.25, 0.3) is 0 Å². The summed E-state index contributed by atoms with van der Waals surface area (Å²) in [4.78, 5) is 2.76. The fourth-order valence-corrected chi connectivity index (χ4v) is 4.38. The smallest absolute Gasteiger partial charge is 0.00930 e. The molecule has 0 aromatic rings. The first-order valence-electron chi connectivity index (χ1n) is 8.50. The Hall–Kier alpha value is -0.0800. The molecule has 2 rings (SSSR count). The van der Waals surface area contributed by atoms with Crippen LogP contribution in [0.1, 0.15) is 65.7 Å². The molecular weight excluding hydrogens is 232 g/mol. The van der Waals surface area contributed by atoms with E-state index in [-0.39, 0.29) is 0 Å². The fourth-order valence-electron chi connectivity index (χ4n) is 4.38. The minimum Gasteiger partial charge on any atom is -0.330 e. The van der Waals surface area contributed by atoms with Crippen molar-refractivity contribution in [1.82, 2.24) is 4.90 Å². The van der Waals surface area contributed by atoms with Crippen LogP contribution in [-0.2, 0) is 0 Å². The summed E-state index contributed by atoms with van der Waals surface area (Å²) in [5.41, 5.74) is 6.63. The number of piperidine rings is 1. The van der Waals surface area contributed by atoms with Crippen molar-refractivity contribution in [2.75, 3.05) is 19.6 Å². The molecule has 1 saturated carbocycles. The van der Waals surface area contributed by atoms with Gasteiger partial charge in [-0.2, -0.15) is 0 Å². The first kappa shape index (κ1) is 15.3. The number of hydrogen-bond donors (Lipinski definition) is 1. The number of likely N-dealkylation sites (tertiary alicyclic amines) is 1. The third-order valence-corrected chi connectivity index (χ3v) is 5.86. The Balaban J connectivity index is 2.03. The quantitative estimate of drug-likeness (QED) is 0.790. The average molecular weight is 266 g/mol. The lowest BCUT2D eigenvalue weighted by atomic mass is 9.77. The molecule has 2 N–H and O–H groups in total. The minimum absolute atomic E-state index is 0.418. The Labute approximate surface area is 120 Å². The van der Waals surface area contributed by atoms with Crippen LogP contribution in [-0.4, -0.2) is 30.6 Å². The van der Waals surface area contributed by atoms with Crippen LogP contribution in [0.2, 0.25) is 0 Å². The van der Waals surface area contributed by atoms with Crippen LogP contribution in [0.3, 0.4) is 0 Å². The topological polar surface area (TPSA) is 29.3 Å². The third-order valence-electron chi connectivity index (χ3n) is 5.86. The predicted molar refractivity (Wildman–Crippen MR) is 83.2 cm³/mol. The zero-order valence-electron chi connectivity index (χ0n) is 13.3. The summed E-state index contributed by atoms with van der Waals surface area (Å²) in [7, 11) is 0. The van der Waals surface area contributed by atoms with Gasteiger partial charge in [-0.05, 0) is 50.0 Å². The molecule has 2 heteroatoms. The van der Waals surface area contributed by atoms with Crippen molar-refractivity contribution in [3.8, 4) is 0 Å². The van der Waals surface area contributed by atoms with E-state index in [1.807, 2.05) is 0 Å². The van der Waals surface area contributed by atoms with Crippen molar-refractivity contribution in [3.05, 3.63) is 0 Å². The van der Waals surface area contributed by atoms with Crippen molar-refractivity contribution >= 4 is 0 Å². The van der Waals surface area contributed by atoms with Crippen molar-refractivity contribution in [1.29, 1.82) is 0 Å². The summed E-state index contributed by atoms with van der Waals surface area (Å²) in [6, 6.07) is 0.739. The van der Waals surface area contributed by atoms with Crippen molar-refractivity contribution in [3.63, 3.8) is 0 Å². The molecule has 2 aliphatic rings. The first-order chi connectivity index (χ1) is 9.06. The molecule has 2 fully saturated rings. The summed E-state index contributed by atoms with van der Waals surface area (Å²) in [5.74, 6) is 1.69. The van der Waals surface area contributed by atoms with E-state index in [9.17, 15) is 0 Å². The SMILES string of the molecule is CC1CC(C)C(C)N(CC2(CN)CCCCCC2)C1. The summed E-state index contributed by atoms with van der Waals surface area (Å²) >= 11 is 0. The van der Waals surface area contributed by atoms with E-state index < -0.39 is 0 Å². The van der Waals surface area contributed by atoms with Gasteiger partial charge in [0.15, 0.2) is 0 Å². The number of rotatable bonds is 3. The lowest BCUT2D eigenvalue weighted by molar-refractivity contribution is 0.0324. The number of nitrogens with two attached hydrogens (primary N) is 1. The highest BCUT2D eigenvalue weighted by Crippen LogP contribution is 2.37. The highest BCUT2D eigenvalue weighted by Gasteiger charge is 2.36. The van der Waals surface area contributed by atoms with Gasteiger partial charge < -0.3 is 5.73 Å². The van der Waals surface area contributed by atoms with Crippen LogP contribution in [0.4, 0.5) is 0 Å². The van der Waals surface area contributed by atoms with Crippen molar-refractivity contribution < 1.29 is 0 Å². The zero-order valence-corrected chi connectivity index (χ0v) is 13.3. The summed E-state index contributed by atoms with van der Waals surface area (Å²) in [6.45, 7) is 10.7. The average Bonchev–Trinajstić information content (AvgIpc) is 2.61. The first-order valence-corrected chi connectivity index (χ1v) is 8.50.